The minimum absolute atomic E-state index is 0.0728. The van der Waals surface area contributed by atoms with Crippen molar-refractivity contribution >= 4 is 23.3 Å². The van der Waals surface area contributed by atoms with Gasteiger partial charge in [-0.3, -0.25) is 0 Å². The lowest BCUT2D eigenvalue weighted by Gasteiger charge is -2.38. The van der Waals surface area contributed by atoms with E-state index in [1.165, 1.54) is 11.3 Å². The van der Waals surface area contributed by atoms with Crippen LogP contribution >= 0.6 is 11.6 Å². The zero-order valence-electron chi connectivity index (χ0n) is 12.2. The van der Waals surface area contributed by atoms with Crippen LogP contribution in [0.4, 0.5) is 10.5 Å². The third-order valence-corrected chi connectivity index (χ3v) is 4.42. The SMILES string of the molecule is CCNCc1cc(Cl)ccc1N1CCN2C(=O)NCC2C1. The molecule has 1 aromatic rings. The second-order valence-electron chi connectivity index (χ2n) is 5.53. The van der Waals surface area contributed by atoms with Crippen LogP contribution in [0.2, 0.25) is 5.02 Å². The maximum atomic E-state index is 11.7. The highest BCUT2D eigenvalue weighted by Gasteiger charge is 2.35. The van der Waals surface area contributed by atoms with Gasteiger partial charge in [-0.05, 0) is 30.3 Å². The summed E-state index contributed by atoms with van der Waals surface area (Å²) in [7, 11) is 0. The number of anilines is 1. The summed E-state index contributed by atoms with van der Waals surface area (Å²) in [6.45, 7) is 7.10. The average Bonchev–Trinajstić information content (AvgIpc) is 2.86. The summed E-state index contributed by atoms with van der Waals surface area (Å²) < 4.78 is 0. The molecule has 5 nitrogen and oxygen atoms in total. The number of halogens is 1. The van der Waals surface area contributed by atoms with Gasteiger partial charge in [-0.1, -0.05) is 18.5 Å². The fourth-order valence-corrected chi connectivity index (χ4v) is 3.28. The van der Waals surface area contributed by atoms with Gasteiger partial charge in [0, 0.05) is 43.4 Å². The van der Waals surface area contributed by atoms with Gasteiger partial charge in [0.15, 0.2) is 0 Å². The van der Waals surface area contributed by atoms with Gasteiger partial charge in [-0.25, -0.2) is 4.79 Å². The number of fused-ring (bicyclic) bond motifs is 1. The maximum Gasteiger partial charge on any atom is 0.317 e. The number of benzene rings is 1. The second kappa shape index (κ2) is 6.12. The largest absolute Gasteiger partial charge is 0.367 e. The van der Waals surface area contributed by atoms with E-state index < -0.39 is 0 Å². The molecule has 1 atom stereocenters. The standard InChI is InChI=1S/C15H21ClN4O/c1-2-17-8-11-7-12(16)3-4-14(11)19-5-6-20-13(10-19)9-18-15(20)21/h3-4,7,13,17H,2,5-6,8-10H2,1H3,(H,18,21). The second-order valence-corrected chi connectivity index (χ2v) is 5.97. The third kappa shape index (κ3) is 2.94. The number of carbonyl (C=O) groups excluding carboxylic acids is 1. The first-order valence-electron chi connectivity index (χ1n) is 7.47. The predicted octanol–water partition coefficient (Wildman–Crippen LogP) is 1.66. The van der Waals surface area contributed by atoms with Gasteiger partial charge < -0.3 is 20.4 Å². The molecule has 6 heteroatoms. The Morgan fingerprint density at radius 1 is 1.43 bits per heavy atom. The summed E-state index contributed by atoms with van der Waals surface area (Å²) in [5.41, 5.74) is 2.44. The molecule has 0 bridgehead atoms. The van der Waals surface area contributed by atoms with Gasteiger partial charge in [0.1, 0.15) is 0 Å². The van der Waals surface area contributed by atoms with Crippen molar-refractivity contribution < 1.29 is 4.79 Å². The van der Waals surface area contributed by atoms with Crippen molar-refractivity contribution in [3.8, 4) is 0 Å². The van der Waals surface area contributed by atoms with E-state index in [1.54, 1.807) is 0 Å². The number of nitrogens with zero attached hydrogens (tertiary/aromatic N) is 2. The van der Waals surface area contributed by atoms with Crippen LogP contribution in [0.3, 0.4) is 0 Å². The molecule has 2 N–H and O–H groups in total. The van der Waals surface area contributed by atoms with Crippen molar-refractivity contribution in [3.63, 3.8) is 0 Å². The molecular weight excluding hydrogens is 288 g/mol. The molecule has 3 rings (SSSR count). The van der Waals surface area contributed by atoms with Crippen LogP contribution < -0.4 is 15.5 Å². The highest BCUT2D eigenvalue weighted by Crippen LogP contribution is 2.27. The summed E-state index contributed by atoms with van der Waals surface area (Å²) in [5.74, 6) is 0. The van der Waals surface area contributed by atoms with E-state index in [-0.39, 0.29) is 12.1 Å². The molecular formula is C15H21ClN4O. The van der Waals surface area contributed by atoms with E-state index in [1.807, 2.05) is 17.0 Å². The third-order valence-electron chi connectivity index (χ3n) is 4.18. The van der Waals surface area contributed by atoms with Crippen molar-refractivity contribution in [1.29, 1.82) is 0 Å². The number of carbonyl (C=O) groups is 1. The average molecular weight is 309 g/mol. The van der Waals surface area contributed by atoms with Crippen LogP contribution in [0, 0.1) is 0 Å². The lowest BCUT2D eigenvalue weighted by Crippen LogP contribution is -2.52. The number of piperazine rings is 1. The van der Waals surface area contributed by atoms with Crippen molar-refractivity contribution in [2.45, 2.75) is 19.5 Å². The van der Waals surface area contributed by atoms with Crippen LogP contribution in [0.25, 0.3) is 0 Å². The number of nitrogens with one attached hydrogen (secondary N) is 2. The van der Waals surface area contributed by atoms with Crippen molar-refractivity contribution in [2.75, 3.05) is 37.6 Å². The molecule has 1 unspecified atom stereocenters. The molecule has 2 fully saturated rings. The Morgan fingerprint density at radius 2 is 2.29 bits per heavy atom. The molecule has 2 amide bonds. The van der Waals surface area contributed by atoms with E-state index in [2.05, 4.69) is 28.5 Å². The fourth-order valence-electron chi connectivity index (χ4n) is 3.09. The number of urea groups is 1. The smallest absolute Gasteiger partial charge is 0.317 e. The summed E-state index contributed by atoms with van der Waals surface area (Å²) in [4.78, 5) is 16.0. The fraction of sp³-hybridized carbons (Fsp3) is 0.533. The van der Waals surface area contributed by atoms with Gasteiger partial charge in [-0.2, -0.15) is 0 Å². The minimum atomic E-state index is 0.0728. The number of hydrogen-bond acceptors (Lipinski definition) is 3. The summed E-state index contributed by atoms with van der Waals surface area (Å²) in [6, 6.07) is 6.41. The van der Waals surface area contributed by atoms with Gasteiger partial charge in [-0.15, -0.1) is 0 Å². The molecule has 21 heavy (non-hydrogen) atoms. The predicted molar refractivity (Wildman–Crippen MR) is 84.9 cm³/mol. The van der Waals surface area contributed by atoms with Crippen LogP contribution in [0.1, 0.15) is 12.5 Å². The molecule has 2 heterocycles. The Balaban J connectivity index is 1.79. The molecule has 114 valence electrons. The van der Waals surface area contributed by atoms with Gasteiger partial charge in [0.2, 0.25) is 0 Å². The Morgan fingerprint density at radius 3 is 3.10 bits per heavy atom. The molecule has 2 aliphatic rings. The van der Waals surface area contributed by atoms with E-state index in [9.17, 15) is 4.79 Å². The van der Waals surface area contributed by atoms with E-state index >= 15 is 0 Å². The molecule has 0 radical (unpaired) electrons. The van der Waals surface area contributed by atoms with Crippen molar-refractivity contribution in [3.05, 3.63) is 28.8 Å². The lowest BCUT2D eigenvalue weighted by molar-refractivity contribution is 0.197. The number of hydrogen-bond donors (Lipinski definition) is 2. The first-order chi connectivity index (χ1) is 10.2. The molecule has 0 aromatic heterocycles. The summed E-state index contributed by atoms with van der Waals surface area (Å²) in [5, 5.41) is 7.05. The molecule has 0 aliphatic carbocycles. The lowest BCUT2D eigenvalue weighted by atomic mass is 10.1. The van der Waals surface area contributed by atoms with E-state index in [4.69, 9.17) is 11.6 Å². The first-order valence-corrected chi connectivity index (χ1v) is 7.85. The summed E-state index contributed by atoms with van der Waals surface area (Å²) >= 11 is 6.13. The normalized spacial score (nSPS) is 21.4. The zero-order valence-corrected chi connectivity index (χ0v) is 13.0. The van der Waals surface area contributed by atoms with Gasteiger partial charge in [0.05, 0.1) is 6.04 Å². The Kier molecular flexibility index (Phi) is 4.22. The Hall–Kier alpha value is -1.46. The maximum absolute atomic E-state index is 11.7. The van der Waals surface area contributed by atoms with E-state index in [0.29, 0.717) is 0 Å². The monoisotopic (exact) mass is 308 g/mol. The highest BCUT2D eigenvalue weighted by molar-refractivity contribution is 6.30. The molecule has 0 saturated carbocycles. The van der Waals surface area contributed by atoms with Crippen LogP contribution in [0.5, 0.6) is 0 Å². The first kappa shape index (κ1) is 14.5. The topological polar surface area (TPSA) is 47.6 Å². The Bertz CT molecular complexity index is 536. The zero-order chi connectivity index (χ0) is 14.8. The minimum Gasteiger partial charge on any atom is -0.367 e. The number of rotatable bonds is 4. The molecule has 2 aliphatic heterocycles. The van der Waals surface area contributed by atoms with Crippen LogP contribution in [-0.4, -0.2) is 49.7 Å². The van der Waals surface area contributed by atoms with Crippen LogP contribution in [0.15, 0.2) is 18.2 Å². The van der Waals surface area contributed by atoms with Crippen molar-refractivity contribution in [2.24, 2.45) is 0 Å². The van der Waals surface area contributed by atoms with Gasteiger partial charge >= 0.3 is 6.03 Å². The van der Waals surface area contributed by atoms with Crippen LogP contribution in [-0.2, 0) is 6.54 Å². The molecule has 2 saturated heterocycles. The Labute approximate surface area is 130 Å². The molecule has 1 aromatic carbocycles. The quantitative estimate of drug-likeness (QED) is 0.889. The number of amides is 2. The van der Waals surface area contributed by atoms with E-state index in [0.717, 1.165) is 44.3 Å². The van der Waals surface area contributed by atoms with Gasteiger partial charge in [0.25, 0.3) is 0 Å². The molecule has 0 spiro atoms. The summed E-state index contributed by atoms with van der Waals surface area (Å²) in [6.07, 6.45) is 0. The highest BCUT2D eigenvalue weighted by atomic mass is 35.5. The van der Waals surface area contributed by atoms with Crippen molar-refractivity contribution in [1.82, 2.24) is 15.5 Å².